The van der Waals surface area contributed by atoms with Crippen molar-refractivity contribution in [3.63, 3.8) is 0 Å². The van der Waals surface area contributed by atoms with Crippen molar-refractivity contribution < 1.29 is 4.39 Å². The highest BCUT2D eigenvalue weighted by Crippen LogP contribution is 2.23. The van der Waals surface area contributed by atoms with Crippen LogP contribution in [-0.2, 0) is 7.05 Å². The van der Waals surface area contributed by atoms with Crippen LogP contribution in [0.1, 0.15) is 18.5 Å². The lowest BCUT2D eigenvalue weighted by Crippen LogP contribution is -2.41. The normalized spacial score (nSPS) is 12.5. The third-order valence-electron chi connectivity index (χ3n) is 3.90. The fourth-order valence-corrected chi connectivity index (χ4v) is 3.01. The number of aryl methyl sites for hydroxylation is 1. The molecule has 0 bridgehead atoms. The maximum absolute atomic E-state index is 14.1. The minimum absolute atomic E-state index is 0.270. The summed E-state index contributed by atoms with van der Waals surface area (Å²) in [5.74, 6) is -0.468. The van der Waals surface area contributed by atoms with Crippen molar-refractivity contribution in [2.75, 3.05) is 0 Å². The summed E-state index contributed by atoms with van der Waals surface area (Å²) in [6.07, 6.45) is 2.95. The minimum Gasteiger partial charge on any atom is -0.295 e. The number of rotatable bonds is 2. The van der Waals surface area contributed by atoms with E-state index in [4.69, 9.17) is 0 Å². The average Bonchev–Trinajstić information content (AvgIpc) is 2.55. The molecule has 0 spiro atoms. The zero-order valence-corrected chi connectivity index (χ0v) is 14.0. The molecule has 118 valence electrons. The highest BCUT2D eigenvalue weighted by Gasteiger charge is 2.20. The van der Waals surface area contributed by atoms with Crippen LogP contribution < -0.4 is 11.2 Å². The van der Waals surface area contributed by atoms with Crippen LogP contribution in [0, 0.1) is 5.82 Å². The Morgan fingerprint density at radius 3 is 2.74 bits per heavy atom. The Balaban J connectivity index is 2.34. The Bertz CT molecular complexity index is 1030. The van der Waals surface area contributed by atoms with E-state index >= 15 is 0 Å². The van der Waals surface area contributed by atoms with Crippen LogP contribution in [0.3, 0.4) is 0 Å². The second-order valence-corrected chi connectivity index (χ2v) is 6.17. The molecule has 23 heavy (non-hydrogen) atoms. The van der Waals surface area contributed by atoms with Crippen LogP contribution >= 0.6 is 15.9 Å². The lowest BCUT2D eigenvalue weighted by Gasteiger charge is -2.18. The molecule has 1 aromatic carbocycles. The van der Waals surface area contributed by atoms with Crippen molar-refractivity contribution in [1.82, 2.24) is 14.1 Å². The maximum Gasteiger partial charge on any atom is 0.331 e. The predicted molar refractivity (Wildman–Crippen MR) is 89.2 cm³/mol. The van der Waals surface area contributed by atoms with Crippen LogP contribution in [0.2, 0.25) is 0 Å². The van der Waals surface area contributed by atoms with E-state index in [-0.39, 0.29) is 5.56 Å². The van der Waals surface area contributed by atoms with Crippen molar-refractivity contribution in [2.45, 2.75) is 13.0 Å². The molecule has 3 aromatic rings. The summed E-state index contributed by atoms with van der Waals surface area (Å²) < 4.78 is 17.2. The van der Waals surface area contributed by atoms with Gasteiger partial charge in [0.2, 0.25) is 0 Å². The van der Waals surface area contributed by atoms with Crippen LogP contribution in [0.5, 0.6) is 0 Å². The van der Waals surface area contributed by atoms with E-state index in [9.17, 15) is 14.0 Å². The van der Waals surface area contributed by atoms with Gasteiger partial charge in [0.1, 0.15) is 5.82 Å². The molecule has 0 saturated carbocycles. The number of benzene rings is 1. The van der Waals surface area contributed by atoms with Crippen LogP contribution in [-0.4, -0.2) is 14.1 Å². The molecule has 0 amide bonds. The number of halogens is 2. The summed E-state index contributed by atoms with van der Waals surface area (Å²) >= 11 is 3.28. The summed E-state index contributed by atoms with van der Waals surface area (Å²) in [6, 6.07) is 5.26. The van der Waals surface area contributed by atoms with Gasteiger partial charge in [-0.05, 0) is 31.2 Å². The number of nitrogens with zero attached hydrogens (tertiary/aromatic N) is 3. The molecule has 0 N–H and O–H groups in total. The van der Waals surface area contributed by atoms with Crippen LogP contribution in [0.4, 0.5) is 4.39 Å². The van der Waals surface area contributed by atoms with Gasteiger partial charge in [0, 0.05) is 23.3 Å². The van der Waals surface area contributed by atoms with E-state index < -0.39 is 23.1 Å². The van der Waals surface area contributed by atoms with Gasteiger partial charge in [0.15, 0.2) is 0 Å². The van der Waals surface area contributed by atoms with Crippen LogP contribution in [0.25, 0.3) is 10.9 Å². The molecule has 0 aliphatic rings. The lowest BCUT2D eigenvalue weighted by molar-refractivity contribution is 0.521. The molecule has 0 radical (unpaired) electrons. The first-order valence-corrected chi connectivity index (χ1v) is 7.71. The van der Waals surface area contributed by atoms with Gasteiger partial charge in [-0.15, -0.1) is 0 Å². The number of pyridine rings is 1. The maximum atomic E-state index is 14.1. The van der Waals surface area contributed by atoms with Crippen molar-refractivity contribution in [2.24, 2.45) is 7.05 Å². The lowest BCUT2D eigenvalue weighted by atomic mass is 10.1. The Hall–Kier alpha value is -2.28. The Labute approximate surface area is 139 Å². The molecule has 0 aliphatic heterocycles. The average molecular weight is 378 g/mol. The largest absolute Gasteiger partial charge is 0.331 e. The fourth-order valence-electron chi connectivity index (χ4n) is 2.63. The number of aromatic nitrogens is 3. The first-order valence-electron chi connectivity index (χ1n) is 6.92. The van der Waals surface area contributed by atoms with Crippen molar-refractivity contribution in [1.29, 1.82) is 0 Å². The molecule has 3 rings (SSSR count). The van der Waals surface area contributed by atoms with Crippen molar-refractivity contribution in [3.05, 3.63) is 73.4 Å². The monoisotopic (exact) mass is 377 g/mol. The first kappa shape index (κ1) is 15.6. The Morgan fingerprint density at radius 1 is 1.26 bits per heavy atom. The van der Waals surface area contributed by atoms with Gasteiger partial charge in [0.05, 0.1) is 23.1 Å². The molecular formula is C16H13BrFN3O2. The van der Waals surface area contributed by atoms with Gasteiger partial charge in [-0.25, -0.2) is 9.18 Å². The molecule has 2 heterocycles. The van der Waals surface area contributed by atoms with E-state index in [1.807, 2.05) is 0 Å². The smallest absolute Gasteiger partial charge is 0.295 e. The summed E-state index contributed by atoms with van der Waals surface area (Å²) in [4.78, 5) is 29.2. The van der Waals surface area contributed by atoms with E-state index in [1.54, 1.807) is 32.2 Å². The van der Waals surface area contributed by atoms with E-state index in [2.05, 4.69) is 20.9 Å². The van der Waals surface area contributed by atoms with Gasteiger partial charge in [-0.2, -0.15) is 0 Å². The van der Waals surface area contributed by atoms with Gasteiger partial charge < -0.3 is 0 Å². The SMILES string of the molecule is CC(c1cc(Br)ccc1F)n1c(=O)c2ccncc2n(C)c1=O. The highest BCUT2D eigenvalue weighted by molar-refractivity contribution is 9.10. The third kappa shape index (κ3) is 2.50. The standard InChI is InChI=1S/C16H13BrFN3O2/c1-9(12-7-10(17)3-4-13(12)18)21-15(22)11-5-6-19-8-14(11)20(2)16(21)23/h3-9H,1-2H3. The first-order chi connectivity index (χ1) is 10.9. The molecule has 5 nitrogen and oxygen atoms in total. The van der Waals surface area contributed by atoms with Gasteiger partial charge in [0.25, 0.3) is 5.56 Å². The number of hydrogen-bond acceptors (Lipinski definition) is 3. The second-order valence-electron chi connectivity index (χ2n) is 5.25. The molecule has 1 unspecified atom stereocenters. The molecule has 0 fully saturated rings. The van der Waals surface area contributed by atoms with Crippen LogP contribution in [0.15, 0.2) is 50.7 Å². The summed E-state index contributed by atoms with van der Waals surface area (Å²) in [6.45, 7) is 1.63. The Morgan fingerprint density at radius 2 is 2.00 bits per heavy atom. The summed E-state index contributed by atoms with van der Waals surface area (Å²) in [5, 5.41) is 0.365. The molecular weight excluding hydrogens is 365 g/mol. The predicted octanol–water partition coefficient (Wildman–Crippen LogP) is 2.61. The molecule has 1 atom stereocenters. The van der Waals surface area contributed by atoms with Crippen molar-refractivity contribution >= 4 is 26.8 Å². The third-order valence-corrected chi connectivity index (χ3v) is 4.39. The molecule has 0 aliphatic carbocycles. The zero-order valence-electron chi connectivity index (χ0n) is 12.5. The number of fused-ring (bicyclic) bond motifs is 1. The van der Waals surface area contributed by atoms with E-state index in [0.29, 0.717) is 15.4 Å². The van der Waals surface area contributed by atoms with E-state index in [0.717, 1.165) is 4.57 Å². The Kier molecular flexibility index (Phi) is 3.89. The molecule has 0 saturated heterocycles. The molecule has 7 heteroatoms. The summed E-state index contributed by atoms with van der Waals surface area (Å²) in [5.41, 5.74) is -0.257. The summed E-state index contributed by atoms with van der Waals surface area (Å²) in [7, 11) is 1.56. The quantitative estimate of drug-likeness (QED) is 0.689. The number of hydrogen-bond donors (Lipinski definition) is 0. The molecule has 2 aromatic heterocycles. The highest BCUT2D eigenvalue weighted by atomic mass is 79.9. The minimum atomic E-state index is -0.740. The van der Waals surface area contributed by atoms with Crippen molar-refractivity contribution in [3.8, 4) is 0 Å². The fraction of sp³-hybridized carbons (Fsp3) is 0.188. The zero-order chi connectivity index (χ0) is 16.7. The topological polar surface area (TPSA) is 56.9 Å². The van der Waals surface area contributed by atoms with Gasteiger partial charge in [-0.1, -0.05) is 15.9 Å². The second kappa shape index (κ2) is 5.73. The van der Waals surface area contributed by atoms with Gasteiger partial charge >= 0.3 is 5.69 Å². The van der Waals surface area contributed by atoms with E-state index in [1.165, 1.54) is 23.0 Å². The van der Waals surface area contributed by atoms with Gasteiger partial charge in [-0.3, -0.25) is 18.9 Å².